The summed E-state index contributed by atoms with van der Waals surface area (Å²) in [5.74, 6) is 0.611. The molecule has 4 nitrogen and oxygen atoms in total. The molecule has 2 aromatic rings. The van der Waals surface area contributed by atoms with Crippen molar-refractivity contribution in [1.82, 2.24) is 0 Å². The van der Waals surface area contributed by atoms with E-state index in [4.69, 9.17) is 16.3 Å². The average Bonchev–Trinajstić information content (AvgIpc) is 2.42. The Balaban J connectivity index is 2.42. The van der Waals surface area contributed by atoms with Crippen LogP contribution in [0.15, 0.2) is 36.4 Å². The van der Waals surface area contributed by atoms with Gasteiger partial charge < -0.3 is 4.74 Å². The average molecular weight is 357 g/mol. The predicted octanol–water partition coefficient (Wildman–Crippen LogP) is 5.24. The van der Waals surface area contributed by atoms with Crippen molar-refractivity contribution in [3.63, 3.8) is 0 Å². The number of halogens is 2. The molecular weight excluding hydrogens is 346 g/mol. The van der Waals surface area contributed by atoms with Gasteiger partial charge in [0.1, 0.15) is 5.75 Å². The molecule has 0 aliphatic heterocycles. The Morgan fingerprint density at radius 2 is 2.10 bits per heavy atom. The number of para-hydroxylation sites is 1. The van der Waals surface area contributed by atoms with Gasteiger partial charge in [-0.3, -0.25) is 10.1 Å². The van der Waals surface area contributed by atoms with Crippen LogP contribution < -0.4 is 4.74 Å². The first-order chi connectivity index (χ1) is 9.52. The van der Waals surface area contributed by atoms with Crippen molar-refractivity contribution in [2.75, 3.05) is 0 Å². The largest absolute Gasteiger partial charge is 0.448 e. The second-order valence-corrected chi connectivity index (χ2v) is 5.15. The quantitative estimate of drug-likeness (QED) is 0.427. The third-order valence-electron chi connectivity index (χ3n) is 2.75. The Kier molecular flexibility index (Phi) is 4.62. The summed E-state index contributed by atoms with van der Waals surface area (Å²) in [6, 6.07) is 10.1. The Hall–Kier alpha value is -1.59. The maximum atomic E-state index is 11.0. The van der Waals surface area contributed by atoms with E-state index in [9.17, 15) is 10.1 Å². The zero-order chi connectivity index (χ0) is 14.7. The molecule has 0 aliphatic rings. The summed E-state index contributed by atoms with van der Waals surface area (Å²) in [6.07, 6.45) is 0. The van der Waals surface area contributed by atoms with Gasteiger partial charge in [0.2, 0.25) is 5.75 Å². The van der Waals surface area contributed by atoms with E-state index in [0.29, 0.717) is 21.7 Å². The lowest BCUT2D eigenvalue weighted by Crippen LogP contribution is -1.96. The number of benzene rings is 2. The molecule has 0 spiro atoms. The van der Waals surface area contributed by atoms with Crippen LogP contribution in [0.5, 0.6) is 11.5 Å². The van der Waals surface area contributed by atoms with Gasteiger partial charge in [0.05, 0.1) is 9.95 Å². The predicted molar refractivity (Wildman–Crippen MR) is 82.0 cm³/mol. The highest BCUT2D eigenvalue weighted by molar-refractivity contribution is 9.08. The molecular formula is C14H11BrClNO3. The molecule has 0 saturated carbocycles. The molecule has 0 N–H and O–H groups in total. The van der Waals surface area contributed by atoms with Crippen molar-refractivity contribution in [2.24, 2.45) is 0 Å². The second-order valence-electron chi connectivity index (χ2n) is 4.18. The number of hydrogen-bond acceptors (Lipinski definition) is 3. The molecule has 2 aromatic carbocycles. The van der Waals surface area contributed by atoms with Crippen molar-refractivity contribution in [3.05, 3.63) is 62.7 Å². The zero-order valence-corrected chi connectivity index (χ0v) is 12.9. The van der Waals surface area contributed by atoms with Gasteiger partial charge in [-0.2, -0.15) is 0 Å². The number of ether oxygens (including phenoxy) is 1. The van der Waals surface area contributed by atoms with E-state index >= 15 is 0 Å². The molecule has 0 radical (unpaired) electrons. The summed E-state index contributed by atoms with van der Waals surface area (Å²) >= 11 is 9.46. The fourth-order valence-electron chi connectivity index (χ4n) is 1.73. The van der Waals surface area contributed by atoms with E-state index in [2.05, 4.69) is 15.9 Å². The number of hydrogen-bond donors (Lipinski definition) is 0. The van der Waals surface area contributed by atoms with E-state index in [1.165, 1.54) is 6.07 Å². The number of nitro groups is 1. The van der Waals surface area contributed by atoms with Crippen LogP contribution in [0.25, 0.3) is 0 Å². The van der Waals surface area contributed by atoms with Gasteiger partial charge in [0.15, 0.2) is 0 Å². The normalized spacial score (nSPS) is 10.3. The van der Waals surface area contributed by atoms with Crippen molar-refractivity contribution < 1.29 is 9.66 Å². The molecule has 0 aliphatic carbocycles. The van der Waals surface area contributed by atoms with Crippen LogP contribution in [0, 0.1) is 17.0 Å². The van der Waals surface area contributed by atoms with Crippen molar-refractivity contribution in [3.8, 4) is 11.5 Å². The Bertz CT molecular complexity index is 661. The highest BCUT2D eigenvalue weighted by Gasteiger charge is 2.18. The van der Waals surface area contributed by atoms with E-state index in [1.54, 1.807) is 31.2 Å². The molecule has 104 valence electrons. The topological polar surface area (TPSA) is 52.4 Å². The Morgan fingerprint density at radius 1 is 1.35 bits per heavy atom. The minimum atomic E-state index is -0.469. The molecule has 0 unspecified atom stereocenters. The first kappa shape index (κ1) is 14.8. The van der Waals surface area contributed by atoms with Crippen LogP contribution in [0.3, 0.4) is 0 Å². The fourth-order valence-corrected chi connectivity index (χ4v) is 2.32. The highest BCUT2D eigenvalue weighted by Crippen LogP contribution is 2.37. The summed E-state index contributed by atoms with van der Waals surface area (Å²) in [4.78, 5) is 10.6. The highest BCUT2D eigenvalue weighted by atomic mass is 79.9. The lowest BCUT2D eigenvalue weighted by molar-refractivity contribution is -0.385. The monoisotopic (exact) mass is 355 g/mol. The van der Waals surface area contributed by atoms with Crippen LogP contribution in [0.4, 0.5) is 5.69 Å². The molecule has 20 heavy (non-hydrogen) atoms. The van der Waals surface area contributed by atoms with Crippen molar-refractivity contribution in [2.45, 2.75) is 12.3 Å². The SMILES string of the molecule is Cc1cccc([N+](=O)[O-])c1Oc1ccc(CBr)cc1Cl. The van der Waals surface area contributed by atoms with Crippen LogP contribution in [-0.2, 0) is 5.33 Å². The van der Waals surface area contributed by atoms with Gasteiger partial charge in [0, 0.05) is 11.4 Å². The van der Waals surface area contributed by atoms with E-state index in [0.717, 1.165) is 5.56 Å². The van der Waals surface area contributed by atoms with Gasteiger partial charge in [-0.25, -0.2) is 0 Å². The molecule has 0 amide bonds. The third kappa shape index (κ3) is 3.11. The number of rotatable bonds is 4. The molecule has 6 heteroatoms. The summed E-state index contributed by atoms with van der Waals surface area (Å²) in [7, 11) is 0. The molecule has 2 rings (SSSR count). The van der Waals surface area contributed by atoms with Crippen LogP contribution in [0.2, 0.25) is 5.02 Å². The number of nitrogens with zero attached hydrogens (tertiary/aromatic N) is 1. The number of nitro benzene ring substituents is 1. The maximum absolute atomic E-state index is 11.0. The van der Waals surface area contributed by atoms with Crippen molar-refractivity contribution in [1.29, 1.82) is 0 Å². The molecule has 0 saturated heterocycles. The Morgan fingerprint density at radius 3 is 2.70 bits per heavy atom. The second kappa shape index (κ2) is 6.24. The van der Waals surface area contributed by atoms with E-state index < -0.39 is 4.92 Å². The summed E-state index contributed by atoms with van der Waals surface area (Å²) in [6.45, 7) is 1.75. The van der Waals surface area contributed by atoms with Crippen molar-refractivity contribution >= 4 is 33.2 Å². The summed E-state index contributed by atoms with van der Waals surface area (Å²) < 4.78 is 5.64. The van der Waals surface area contributed by atoms with Gasteiger partial charge in [-0.15, -0.1) is 0 Å². The van der Waals surface area contributed by atoms with Gasteiger partial charge >= 0.3 is 5.69 Å². The third-order valence-corrected chi connectivity index (χ3v) is 3.69. The van der Waals surface area contributed by atoms with Gasteiger partial charge in [0.25, 0.3) is 0 Å². The molecule has 0 bridgehead atoms. The minimum absolute atomic E-state index is 0.0781. The van der Waals surface area contributed by atoms with Crippen LogP contribution in [-0.4, -0.2) is 4.92 Å². The number of aryl methyl sites for hydroxylation is 1. The van der Waals surface area contributed by atoms with Gasteiger partial charge in [-0.05, 0) is 30.2 Å². The fraction of sp³-hybridized carbons (Fsp3) is 0.143. The lowest BCUT2D eigenvalue weighted by Gasteiger charge is -2.11. The molecule has 0 aromatic heterocycles. The maximum Gasteiger partial charge on any atom is 0.311 e. The minimum Gasteiger partial charge on any atom is -0.448 e. The van der Waals surface area contributed by atoms with Crippen LogP contribution >= 0.6 is 27.5 Å². The standard InChI is InChI=1S/C14H11BrClNO3/c1-9-3-2-4-12(17(18)19)14(9)20-13-6-5-10(8-15)7-11(13)16/h2-7H,8H2,1H3. The van der Waals surface area contributed by atoms with Crippen LogP contribution in [0.1, 0.15) is 11.1 Å². The Labute approximate surface area is 129 Å². The zero-order valence-electron chi connectivity index (χ0n) is 10.6. The molecule has 0 heterocycles. The lowest BCUT2D eigenvalue weighted by atomic mass is 10.2. The molecule has 0 atom stereocenters. The smallest absolute Gasteiger partial charge is 0.311 e. The van der Waals surface area contributed by atoms with E-state index in [1.807, 2.05) is 6.07 Å². The van der Waals surface area contributed by atoms with Gasteiger partial charge in [-0.1, -0.05) is 45.7 Å². The molecule has 0 fully saturated rings. The first-order valence-corrected chi connectivity index (χ1v) is 7.29. The summed E-state index contributed by atoms with van der Waals surface area (Å²) in [5.41, 5.74) is 1.60. The number of alkyl halides is 1. The first-order valence-electron chi connectivity index (χ1n) is 5.79. The summed E-state index contributed by atoms with van der Waals surface area (Å²) in [5, 5.41) is 12.1. The van der Waals surface area contributed by atoms with E-state index in [-0.39, 0.29) is 11.4 Å².